The Bertz CT molecular complexity index is 1220. The summed E-state index contributed by atoms with van der Waals surface area (Å²) in [5.74, 6) is 0.752. The Balaban J connectivity index is 1.68. The Kier molecular flexibility index (Phi) is 7.17. The van der Waals surface area contributed by atoms with E-state index in [1.54, 1.807) is 13.0 Å². The van der Waals surface area contributed by atoms with Crippen LogP contribution < -0.4 is 15.5 Å². The maximum Gasteiger partial charge on any atom is 0.251 e. The van der Waals surface area contributed by atoms with Gasteiger partial charge in [0.2, 0.25) is 5.91 Å². The minimum atomic E-state index is -3.00. The van der Waals surface area contributed by atoms with Gasteiger partial charge in [-0.25, -0.2) is 13.4 Å². The number of benzene rings is 1. The lowest BCUT2D eigenvalue weighted by Crippen LogP contribution is -2.49. The molecule has 9 heteroatoms. The number of amides is 2. The molecule has 3 atom stereocenters. The van der Waals surface area contributed by atoms with Gasteiger partial charge in [-0.1, -0.05) is 19.9 Å². The molecule has 188 valence electrons. The zero-order chi connectivity index (χ0) is 25.3. The van der Waals surface area contributed by atoms with Crippen LogP contribution in [0.2, 0.25) is 0 Å². The lowest BCUT2D eigenvalue weighted by Gasteiger charge is -2.45. The molecule has 1 saturated heterocycles. The maximum absolute atomic E-state index is 13.1. The Morgan fingerprint density at radius 3 is 2.49 bits per heavy atom. The number of carbonyl (C=O) groups is 2. The summed E-state index contributed by atoms with van der Waals surface area (Å²) >= 11 is 0. The first kappa shape index (κ1) is 25.2. The van der Waals surface area contributed by atoms with Gasteiger partial charge in [0.15, 0.2) is 0 Å². The number of rotatable bonds is 5. The van der Waals surface area contributed by atoms with Crippen LogP contribution in [-0.4, -0.2) is 48.8 Å². The van der Waals surface area contributed by atoms with E-state index in [1.165, 1.54) is 0 Å². The van der Waals surface area contributed by atoms with Gasteiger partial charge in [0, 0.05) is 41.9 Å². The third-order valence-corrected chi connectivity index (χ3v) is 8.90. The van der Waals surface area contributed by atoms with Crippen LogP contribution in [0.4, 0.5) is 11.5 Å². The fourth-order valence-electron chi connectivity index (χ4n) is 5.34. The molecule has 8 nitrogen and oxygen atoms in total. The van der Waals surface area contributed by atoms with Gasteiger partial charge in [0.25, 0.3) is 5.91 Å². The minimum absolute atomic E-state index is 0.00572. The molecular weight excluding hydrogens is 464 g/mol. The summed E-state index contributed by atoms with van der Waals surface area (Å²) in [4.78, 5) is 32.2. The van der Waals surface area contributed by atoms with Crippen molar-refractivity contribution in [3.63, 3.8) is 0 Å². The van der Waals surface area contributed by atoms with E-state index in [-0.39, 0.29) is 47.4 Å². The molecule has 2 aliphatic rings. The smallest absolute Gasteiger partial charge is 0.251 e. The number of hydrogen-bond donors (Lipinski definition) is 2. The largest absolute Gasteiger partial charge is 0.363 e. The van der Waals surface area contributed by atoms with Gasteiger partial charge >= 0.3 is 0 Å². The van der Waals surface area contributed by atoms with Crippen LogP contribution in [0, 0.1) is 12.8 Å². The molecule has 2 aliphatic heterocycles. The average molecular weight is 499 g/mol. The van der Waals surface area contributed by atoms with Crippen LogP contribution in [0.25, 0.3) is 0 Å². The molecule has 0 aliphatic carbocycles. The Labute approximate surface area is 207 Å². The SMILES string of the molecule is CC[C@H]1[C@H](C)[C@@H](Nc2cccc(C)n2)c2cc(C(=O)NC3CCS(=O)(=O)CC3)ccc2N1C(C)=O. The van der Waals surface area contributed by atoms with E-state index in [1.807, 2.05) is 42.2 Å². The molecule has 4 rings (SSSR count). The number of pyridine rings is 1. The Morgan fingerprint density at radius 1 is 1.14 bits per heavy atom. The summed E-state index contributed by atoms with van der Waals surface area (Å²) in [5.41, 5.74) is 3.07. The first-order chi connectivity index (χ1) is 16.6. The van der Waals surface area contributed by atoms with Gasteiger partial charge in [-0.3, -0.25) is 9.59 Å². The number of nitrogens with one attached hydrogen (secondary N) is 2. The zero-order valence-corrected chi connectivity index (χ0v) is 21.6. The quantitative estimate of drug-likeness (QED) is 0.652. The van der Waals surface area contributed by atoms with Crippen LogP contribution in [0.3, 0.4) is 0 Å². The molecule has 0 unspecified atom stereocenters. The van der Waals surface area contributed by atoms with Crippen molar-refractivity contribution in [1.82, 2.24) is 10.3 Å². The van der Waals surface area contributed by atoms with Crippen molar-refractivity contribution in [2.24, 2.45) is 5.92 Å². The first-order valence-electron chi connectivity index (χ1n) is 12.2. The number of hydrogen-bond acceptors (Lipinski definition) is 6. The molecular formula is C26H34N4O4S. The van der Waals surface area contributed by atoms with E-state index in [9.17, 15) is 18.0 Å². The Hall–Kier alpha value is -2.94. The molecule has 0 bridgehead atoms. The standard InChI is InChI=1S/C26H34N4O4S/c1-5-22-17(3)25(29-24-8-6-7-16(2)27-24)21-15-19(9-10-23(21)30(22)18(4)31)26(32)28-20-11-13-35(33,34)14-12-20/h6-10,15,17,20,22,25H,5,11-14H2,1-4H3,(H,27,29)(H,28,32)/t17-,22-,25+/m0/s1. The number of sulfone groups is 1. The molecule has 2 N–H and O–H groups in total. The fourth-order valence-corrected chi connectivity index (χ4v) is 6.83. The van der Waals surface area contributed by atoms with Gasteiger partial charge in [0.1, 0.15) is 15.7 Å². The van der Waals surface area contributed by atoms with Crippen molar-refractivity contribution < 1.29 is 18.0 Å². The molecule has 1 aromatic heterocycles. The minimum Gasteiger partial charge on any atom is -0.363 e. The van der Waals surface area contributed by atoms with Crippen molar-refractivity contribution in [2.45, 2.75) is 65.1 Å². The second-order valence-electron chi connectivity index (χ2n) is 9.68. The van der Waals surface area contributed by atoms with Crippen molar-refractivity contribution in [3.8, 4) is 0 Å². The summed E-state index contributed by atoms with van der Waals surface area (Å²) in [6.45, 7) is 7.72. The van der Waals surface area contributed by atoms with Gasteiger partial charge in [-0.05, 0) is 62.1 Å². The summed E-state index contributed by atoms with van der Waals surface area (Å²) < 4.78 is 23.5. The van der Waals surface area contributed by atoms with E-state index >= 15 is 0 Å². The topological polar surface area (TPSA) is 108 Å². The highest BCUT2D eigenvalue weighted by Gasteiger charge is 2.40. The van der Waals surface area contributed by atoms with Gasteiger partial charge in [-0.15, -0.1) is 0 Å². The highest BCUT2D eigenvalue weighted by atomic mass is 32.2. The monoisotopic (exact) mass is 498 g/mol. The number of nitrogens with zero attached hydrogens (tertiary/aromatic N) is 2. The van der Waals surface area contributed by atoms with Crippen LogP contribution in [0.15, 0.2) is 36.4 Å². The van der Waals surface area contributed by atoms with E-state index in [4.69, 9.17) is 0 Å². The highest BCUT2D eigenvalue weighted by Crippen LogP contribution is 2.43. The van der Waals surface area contributed by atoms with Crippen molar-refractivity contribution in [3.05, 3.63) is 53.2 Å². The van der Waals surface area contributed by atoms with Crippen LogP contribution in [-0.2, 0) is 14.6 Å². The lowest BCUT2D eigenvalue weighted by molar-refractivity contribution is -0.117. The van der Waals surface area contributed by atoms with Crippen LogP contribution >= 0.6 is 0 Å². The fraction of sp³-hybridized carbons (Fsp3) is 0.500. The lowest BCUT2D eigenvalue weighted by atomic mass is 9.80. The predicted molar refractivity (Wildman–Crippen MR) is 137 cm³/mol. The predicted octanol–water partition coefficient (Wildman–Crippen LogP) is 3.63. The van der Waals surface area contributed by atoms with Crippen molar-refractivity contribution >= 4 is 33.2 Å². The third kappa shape index (κ3) is 5.34. The van der Waals surface area contributed by atoms with E-state index in [2.05, 4.69) is 29.5 Å². The zero-order valence-electron chi connectivity index (χ0n) is 20.7. The number of carbonyl (C=O) groups excluding carboxylic acids is 2. The first-order valence-corrected chi connectivity index (χ1v) is 14.1. The molecule has 35 heavy (non-hydrogen) atoms. The average Bonchev–Trinajstić information content (AvgIpc) is 2.81. The van der Waals surface area contributed by atoms with Crippen molar-refractivity contribution in [1.29, 1.82) is 0 Å². The molecule has 3 heterocycles. The molecule has 2 aromatic rings. The van der Waals surface area contributed by atoms with E-state index < -0.39 is 9.84 Å². The second kappa shape index (κ2) is 9.97. The van der Waals surface area contributed by atoms with Gasteiger partial charge in [0.05, 0.1) is 17.5 Å². The summed E-state index contributed by atoms with van der Waals surface area (Å²) in [6, 6.07) is 11.0. The number of aryl methyl sites for hydroxylation is 1. The molecule has 2 amide bonds. The summed E-state index contributed by atoms with van der Waals surface area (Å²) in [6.07, 6.45) is 1.65. The number of aromatic nitrogens is 1. The maximum atomic E-state index is 13.1. The normalized spacial score (nSPS) is 23.9. The summed E-state index contributed by atoms with van der Waals surface area (Å²) in [5, 5.41) is 6.56. The van der Waals surface area contributed by atoms with Gasteiger partial charge in [-0.2, -0.15) is 0 Å². The Morgan fingerprint density at radius 2 is 1.86 bits per heavy atom. The van der Waals surface area contributed by atoms with Crippen LogP contribution in [0.5, 0.6) is 0 Å². The van der Waals surface area contributed by atoms with Crippen molar-refractivity contribution in [2.75, 3.05) is 21.7 Å². The highest BCUT2D eigenvalue weighted by molar-refractivity contribution is 7.91. The van der Waals surface area contributed by atoms with Crippen LogP contribution in [0.1, 0.15) is 67.7 Å². The molecule has 0 radical (unpaired) electrons. The molecule has 1 fully saturated rings. The number of fused-ring (bicyclic) bond motifs is 1. The molecule has 0 saturated carbocycles. The van der Waals surface area contributed by atoms with E-state index in [0.717, 1.165) is 29.2 Å². The third-order valence-electron chi connectivity index (χ3n) is 7.19. The van der Waals surface area contributed by atoms with Gasteiger partial charge < -0.3 is 15.5 Å². The summed E-state index contributed by atoms with van der Waals surface area (Å²) in [7, 11) is -3.00. The van der Waals surface area contributed by atoms with E-state index in [0.29, 0.717) is 18.4 Å². The molecule has 1 aromatic carbocycles. The number of anilines is 2. The second-order valence-corrected chi connectivity index (χ2v) is 12.0. The molecule has 0 spiro atoms.